The van der Waals surface area contributed by atoms with Crippen molar-refractivity contribution in [1.29, 1.82) is 0 Å². The van der Waals surface area contributed by atoms with Gasteiger partial charge in [0.1, 0.15) is 17.5 Å². The molecule has 1 aliphatic rings. The van der Waals surface area contributed by atoms with E-state index in [-0.39, 0.29) is 12.0 Å². The number of hydrogen-bond acceptors (Lipinski definition) is 4. The van der Waals surface area contributed by atoms with Crippen LogP contribution in [0.4, 0.5) is 5.82 Å². The molecular formula is C19H22N2O2. The number of carbonyl (C=O) groups is 1. The molecule has 1 fully saturated rings. The van der Waals surface area contributed by atoms with E-state index in [9.17, 15) is 4.79 Å². The van der Waals surface area contributed by atoms with E-state index in [0.717, 1.165) is 11.1 Å². The lowest BCUT2D eigenvalue weighted by Gasteiger charge is -2.24. The van der Waals surface area contributed by atoms with Crippen molar-refractivity contribution < 1.29 is 9.53 Å². The molecule has 0 spiro atoms. The summed E-state index contributed by atoms with van der Waals surface area (Å²) >= 11 is 0. The Bertz CT molecular complexity index is 757. The van der Waals surface area contributed by atoms with E-state index >= 15 is 0 Å². The van der Waals surface area contributed by atoms with Crippen molar-refractivity contribution in [3.63, 3.8) is 0 Å². The average Bonchev–Trinajstić information content (AvgIpc) is 2.77. The van der Waals surface area contributed by atoms with Crippen molar-refractivity contribution in [2.75, 3.05) is 5.32 Å². The first-order chi connectivity index (χ1) is 10.9. The third-order valence-corrected chi connectivity index (χ3v) is 4.56. The van der Waals surface area contributed by atoms with Crippen molar-refractivity contribution >= 4 is 11.8 Å². The number of anilines is 1. The summed E-state index contributed by atoms with van der Waals surface area (Å²) < 4.78 is 5.72. The average molecular weight is 310 g/mol. The molecule has 2 unspecified atom stereocenters. The van der Waals surface area contributed by atoms with Crippen LogP contribution in [0.5, 0.6) is 0 Å². The first-order valence-electron chi connectivity index (χ1n) is 7.87. The molecule has 0 saturated carbocycles. The number of aryl methyl sites for hydroxylation is 3. The van der Waals surface area contributed by atoms with Crippen LogP contribution >= 0.6 is 0 Å². The molecule has 0 bridgehead atoms. The summed E-state index contributed by atoms with van der Waals surface area (Å²) in [4.78, 5) is 16.6. The number of pyridine rings is 1. The van der Waals surface area contributed by atoms with Crippen molar-refractivity contribution in [2.45, 2.75) is 45.8 Å². The van der Waals surface area contributed by atoms with Crippen LogP contribution in [0, 0.1) is 20.8 Å². The molecule has 1 saturated heterocycles. The van der Waals surface area contributed by atoms with Gasteiger partial charge < -0.3 is 10.1 Å². The second-order valence-corrected chi connectivity index (χ2v) is 6.57. The summed E-state index contributed by atoms with van der Waals surface area (Å²) in [7, 11) is 0. The Kier molecular flexibility index (Phi) is 3.84. The maximum Gasteiger partial charge on any atom is 0.329 e. The topological polar surface area (TPSA) is 51.2 Å². The van der Waals surface area contributed by atoms with E-state index in [1.54, 1.807) is 6.20 Å². The summed E-state index contributed by atoms with van der Waals surface area (Å²) in [5, 5.41) is 3.20. The number of cyclic esters (lactones) is 1. The van der Waals surface area contributed by atoms with E-state index in [1.165, 1.54) is 11.1 Å². The highest BCUT2D eigenvalue weighted by Crippen LogP contribution is 2.38. The molecule has 1 aliphatic heterocycles. The van der Waals surface area contributed by atoms with Crippen LogP contribution in [0.2, 0.25) is 0 Å². The minimum Gasteiger partial charge on any atom is -0.453 e. The number of carbonyl (C=O) groups excluding carboxylic acids is 1. The number of hydrogen-bond donors (Lipinski definition) is 1. The van der Waals surface area contributed by atoms with Crippen molar-refractivity contribution in [2.24, 2.45) is 0 Å². The Morgan fingerprint density at radius 1 is 1.17 bits per heavy atom. The molecule has 4 nitrogen and oxygen atoms in total. The third kappa shape index (κ3) is 3.07. The Labute approximate surface area is 136 Å². The second-order valence-electron chi connectivity index (χ2n) is 6.57. The van der Waals surface area contributed by atoms with Crippen LogP contribution in [0.3, 0.4) is 0 Å². The predicted octanol–water partition coefficient (Wildman–Crippen LogP) is 3.65. The number of esters is 1. The smallest absolute Gasteiger partial charge is 0.329 e. The van der Waals surface area contributed by atoms with Gasteiger partial charge in [-0.3, -0.25) is 0 Å². The zero-order chi connectivity index (χ0) is 16.6. The summed E-state index contributed by atoms with van der Waals surface area (Å²) in [6.07, 6.45) is 2.32. The molecule has 0 aliphatic carbocycles. The zero-order valence-corrected chi connectivity index (χ0v) is 14.0. The molecule has 1 N–H and O–H groups in total. The number of ether oxygens (including phenoxy) is 1. The molecule has 1 aromatic carbocycles. The maximum absolute atomic E-state index is 12.3. The minimum atomic E-state index is -0.600. The Morgan fingerprint density at radius 3 is 2.65 bits per heavy atom. The molecule has 3 rings (SSSR count). The lowest BCUT2D eigenvalue weighted by Crippen LogP contribution is -2.25. The molecule has 4 heteroatoms. The fraction of sp³-hybridized carbons (Fsp3) is 0.368. The van der Waals surface area contributed by atoms with Crippen LogP contribution in [-0.2, 0) is 15.1 Å². The quantitative estimate of drug-likeness (QED) is 0.879. The molecule has 1 aromatic heterocycles. The van der Waals surface area contributed by atoms with Gasteiger partial charge in [-0.25, -0.2) is 9.78 Å². The molecule has 23 heavy (non-hydrogen) atoms. The van der Waals surface area contributed by atoms with E-state index in [0.29, 0.717) is 12.2 Å². The minimum absolute atomic E-state index is 0.228. The molecule has 0 amide bonds. The summed E-state index contributed by atoms with van der Waals surface area (Å²) in [5.74, 6) is 0.477. The molecular weight excluding hydrogens is 288 g/mol. The highest BCUT2D eigenvalue weighted by molar-refractivity contribution is 5.82. The van der Waals surface area contributed by atoms with Gasteiger partial charge in [0, 0.05) is 12.6 Å². The first kappa shape index (κ1) is 15.5. The molecule has 2 aromatic rings. The summed E-state index contributed by atoms with van der Waals surface area (Å²) in [5.41, 5.74) is 3.98. The summed E-state index contributed by atoms with van der Waals surface area (Å²) in [6.45, 7) is 8.13. The van der Waals surface area contributed by atoms with Gasteiger partial charge in [0.2, 0.25) is 0 Å². The fourth-order valence-electron chi connectivity index (χ4n) is 2.96. The largest absolute Gasteiger partial charge is 0.453 e. The van der Waals surface area contributed by atoms with Gasteiger partial charge in [0.15, 0.2) is 0 Å². The predicted molar refractivity (Wildman–Crippen MR) is 90.4 cm³/mol. The van der Waals surface area contributed by atoms with Gasteiger partial charge in [-0.05, 0) is 62.1 Å². The lowest BCUT2D eigenvalue weighted by molar-refractivity contribution is -0.148. The number of aromatic nitrogens is 1. The van der Waals surface area contributed by atoms with E-state index in [4.69, 9.17) is 4.74 Å². The molecule has 120 valence electrons. The Balaban J connectivity index is 1.82. The number of benzene rings is 1. The Hall–Kier alpha value is -2.36. The highest BCUT2D eigenvalue weighted by atomic mass is 16.6. The van der Waals surface area contributed by atoms with Crippen LogP contribution in [0.15, 0.2) is 36.5 Å². The van der Waals surface area contributed by atoms with E-state index in [1.807, 2.05) is 32.0 Å². The first-order valence-corrected chi connectivity index (χ1v) is 7.87. The van der Waals surface area contributed by atoms with Crippen LogP contribution < -0.4 is 5.32 Å². The molecule has 2 heterocycles. The van der Waals surface area contributed by atoms with Gasteiger partial charge in [0.05, 0.1) is 0 Å². The van der Waals surface area contributed by atoms with Gasteiger partial charge in [-0.2, -0.15) is 0 Å². The van der Waals surface area contributed by atoms with Gasteiger partial charge in [-0.15, -0.1) is 0 Å². The number of nitrogens with zero attached hydrogens (tertiary/aromatic N) is 1. The molecule has 2 atom stereocenters. The highest BCUT2D eigenvalue weighted by Gasteiger charge is 2.44. The van der Waals surface area contributed by atoms with E-state index < -0.39 is 5.60 Å². The van der Waals surface area contributed by atoms with Gasteiger partial charge in [0.25, 0.3) is 0 Å². The number of rotatable bonds is 3. The van der Waals surface area contributed by atoms with Gasteiger partial charge >= 0.3 is 5.97 Å². The zero-order valence-electron chi connectivity index (χ0n) is 14.0. The standard InChI is InChI=1S/C19H22N2O2/c1-12-7-8-20-17(9-12)21-16-11-19(4,23-18(16)22)15-6-5-13(2)14(3)10-15/h5-10,16H,11H2,1-4H3,(H,20,21). The van der Waals surface area contributed by atoms with E-state index in [2.05, 4.69) is 36.3 Å². The van der Waals surface area contributed by atoms with Crippen LogP contribution in [0.1, 0.15) is 35.6 Å². The monoisotopic (exact) mass is 310 g/mol. The third-order valence-electron chi connectivity index (χ3n) is 4.56. The normalized spacial score (nSPS) is 23.7. The SMILES string of the molecule is Cc1ccnc(NC2CC(C)(c3ccc(C)c(C)c3)OC2=O)c1. The van der Waals surface area contributed by atoms with Crippen molar-refractivity contribution in [3.05, 3.63) is 58.8 Å². The lowest BCUT2D eigenvalue weighted by atomic mass is 9.89. The number of nitrogens with one attached hydrogen (secondary N) is 1. The fourth-order valence-corrected chi connectivity index (χ4v) is 2.96. The van der Waals surface area contributed by atoms with Crippen molar-refractivity contribution in [3.8, 4) is 0 Å². The Morgan fingerprint density at radius 2 is 1.96 bits per heavy atom. The summed E-state index contributed by atoms with van der Waals surface area (Å²) in [6, 6.07) is 9.71. The van der Waals surface area contributed by atoms with Crippen LogP contribution in [0.25, 0.3) is 0 Å². The van der Waals surface area contributed by atoms with Gasteiger partial charge in [-0.1, -0.05) is 18.2 Å². The van der Waals surface area contributed by atoms with Crippen LogP contribution in [-0.4, -0.2) is 17.0 Å². The maximum atomic E-state index is 12.3. The second kappa shape index (κ2) is 5.69. The van der Waals surface area contributed by atoms with Crippen molar-refractivity contribution in [1.82, 2.24) is 4.98 Å². The molecule has 0 radical (unpaired) electrons.